The lowest BCUT2D eigenvalue weighted by Crippen LogP contribution is -2.48. The molecule has 5 rings (SSSR count). The third kappa shape index (κ3) is 5.47. The van der Waals surface area contributed by atoms with Gasteiger partial charge in [-0.05, 0) is 100 Å². The number of unbranched alkanes of at least 4 members (excludes halogenated alkanes) is 5. The lowest BCUT2D eigenvalue weighted by atomic mass is 9.52. The summed E-state index contributed by atoms with van der Waals surface area (Å²) in [6, 6.07) is 13.8. The Bertz CT molecular complexity index is 1310. The highest BCUT2D eigenvalue weighted by atomic mass is 16.7. The first-order chi connectivity index (χ1) is 19.9. The van der Waals surface area contributed by atoms with Gasteiger partial charge in [-0.15, -0.1) is 0 Å². The van der Waals surface area contributed by atoms with Crippen LogP contribution in [0.4, 0.5) is 0 Å². The molecule has 0 bridgehead atoms. The van der Waals surface area contributed by atoms with Gasteiger partial charge in [-0.25, -0.2) is 0 Å². The van der Waals surface area contributed by atoms with Crippen molar-refractivity contribution in [2.24, 2.45) is 0 Å². The van der Waals surface area contributed by atoms with Gasteiger partial charge in [0.05, 0.1) is 22.4 Å². The lowest BCUT2D eigenvalue weighted by molar-refractivity contribution is 0.00578. The van der Waals surface area contributed by atoms with Crippen molar-refractivity contribution < 1.29 is 18.6 Å². The summed E-state index contributed by atoms with van der Waals surface area (Å²) < 4.78 is 26.0. The van der Waals surface area contributed by atoms with E-state index < -0.39 is 0 Å². The van der Waals surface area contributed by atoms with Gasteiger partial charge in [-0.2, -0.15) is 0 Å². The molecule has 1 atom stereocenters. The van der Waals surface area contributed by atoms with Crippen molar-refractivity contribution in [1.29, 1.82) is 0 Å². The van der Waals surface area contributed by atoms with E-state index in [9.17, 15) is 0 Å². The molecular weight excluding hydrogens is 530 g/mol. The van der Waals surface area contributed by atoms with Crippen LogP contribution in [0.15, 0.2) is 36.4 Å². The quantitative estimate of drug-likeness (QED) is 0.219. The molecule has 4 nitrogen and oxygen atoms in total. The molecule has 2 aromatic rings. The van der Waals surface area contributed by atoms with Crippen LogP contribution in [-0.2, 0) is 29.4 Å². The van der Waals surface area contributed by atoms with Crippen LogP contribution < -0.4 is 10.9 Å². The average Bonchev–Trinajstić information content (AvgIpc) is 3.28. The first kappa shape index (κ1) is 32.8. The second-order valence-electron chi connectivity index (χ2n) is 16.3. The molecule has 2 aromatic carbocycles. The first-order valence-electron chi connectivity index (χ1n) is 16.9. The highest BCUT2D eigenvalue weighted by Crippen LogP contribution is 2.56. The molecule has 0 amide bonds. The van der Waals surface area contributed by atoms with Crippen LogP contribution in [0.1, 0.15) is 139 Å². The normalized spacial score (nSPS) is 26.0. The van der Waals surface area contributed by atoms with Gasteiger partial charge in [0, 0.05) is 5.41 Å². The van der Waals surface area contributed by atoms with E-state index in [0.29, 0.717) is 0 Å². The van der Waals surface area contributed by atoms with Crippen LogP contribution in [0.5, 0.6) is 0 Å². The first-order valence-corrected chi connectivity index (χ1v) is 16.9. The summed E-state index contributed by atoms with van der Waals surface area (Å²) >= 11 is 0. The Kier molecular flexibility index (Phi) is 8.42. The molecule has 0 saturated carbocycles. The number of rotatable bonds is 9. The molecule has 0 radical (unpaired) electrons. The fourth-order valence-corrected chi connectivity index (χ4v) is 7.16. The van der Waals surface area contributed by atoms with E-state index in [4.69, 9.17) is 18.6 Å². The van der Waals surface area contributed by atoms with Gasteiger partial charge in [0.25, 0.3) is 0 Å². The van der Waals surface area contributed by atoms with Crippen LogP contribution in [0.25, 0.3) is 11.1 Å². The van der Waals surface area contributed by atoms with Crippen LogP contribution in [-0.4, -0.2) is 36.6 Å². The van der Waals surface area contributed by atoms with E-state index in [-0.39, 0.29) is 47.5 Å². The van der Waals surface area contributed by atoms with E-state index in [1.54, 1.807) is 0 Å². The molecule has 0 aromatic heterocycles. The van der Waals surface area contributed by atoms with Gasteiger partial charge >= 0.3 is 14.2 Å². The summed E-state index contributed by atoms with van der Waals surface area (Å²) in [5, 5.41) is 0. The van der Waals surface area contributed by atoms with Crippen molar-refractivity contribution in [1.82, 2.24) is 0 Å². The molecule has 3 aliphatic rings. The summed E-state index contributed by atoms with van der Waals surface area (Å²) in [4.78, 5) is 0. The second-order valence-corrected chi connectivity index (χ2v) is 16.3. The zero-order valence-electron chi connectivity index (χ0n) is 29.2. The molecule has 2 fully saturated rings. The molecule has 1 aliphatic carbocycles. The summed E-state index contributed by atoms with van der Waals surface area (Å²) in [5.41, 5.74) is 5.96. The summed E-state index contributed by atoms with van der Waals surface area (Å²) in [7, 11) is -0.744. The Labute approximate surface area is 263 Å². The highest BCUT2D eigenvalue weighted by molar-refractivity contribution is 6.62. The molecule has 0 N–H and O–H groups in total. The topological polar surface area (TPSA) is 36.9 Å². The Balaban J connectivity index is 1.57. The number of hydrogen-bond acceptors (Lipinski definition) is 4. The van der Waals surface area contributed by atoms with Gasteiger partial charge in [0.1, 0.15) is 0 Å². The zero-order valence-corrected chi connectivity index (χ0v) is 29.2. The third-order valence-electron chi connectivity index (χ3n) is 12.1. The minimum absolute atomic E-state index is 0.0751. The van der Waals surface area contributed by atoms with Crippen molar-refractivity contribution in [2.75, 3.05) is 0 Å². The van der Waals surface area contributed by atoms with Gasteiger partial charge in [-0.1, -0.05) is 103 Å². The van der Waals surface area contributed by atoms with E-state index in [1.807, 2.05) is 0 Å². The minimum Gasteiger partial charge on any atom is -0.399 e. The minimum atomic E-state index is -0.372. The molecule has 6 heteroatoms. The molecule has 43 heavy (non-hydrogen) atoms. The standard InChI is InChI=1S/C37H56B2O4/c1-13-14-15-16-17-18-23-37(12)31-25-27(39-42-35(8,9)36(10,11)43-39)20-22-29(31)28-21-19-26(24-30(28)32(37,2)3)38-40-33(4,5)34(6,7)41-38/h19-22,24-25H,13-18,23H2,1-12H3. The van der Waals surface area contributed by atoms with Crippen molar-refractivity contribution in [3.63, 3.8) is 0 Å². The molecule has 2 heterocycles. The summed E-state index contributed by atoms with van der Waals surface area (Å²) in [6.07, 6.45) is 8.88. The molecule has 1 unspecified atom stereocenters. The fourth-order valence-electron chi connectivity index (χ4n) is 7.16. The maximum atomic E-state index is 6.52. The van der Waals surface area contributed by atoms with Crippen LogP contribution in [0, 0.1) is 0 Å². The Morgan fingerprint density at radius 1 is 0.512 bits per heavy atom. The van der Waals surface area contributed by atoms with E-state index >= 15 is 0 Å². The number of hydrogen-bond donors (Lipinski definition) is 0. The van der Waals surface area contributed by atoms with Crippen molar-refractivity contribution in [2.45, 2.75) is 161 Å². The smallest absolute Gasteiger partial charge is 0.399 e. The van der Waals surface area contributed by atoms with Gasteiger partial charge in [0.2, 0.25) is 0 Å². The van der Waals surface area contributed by atoms with E-state index in [1.165, 1.54) is 60.8 Å². The van der Waals surface area contributed by atoms with Gasteiger partial charge < -0.3 is 18.6 Å². The zero-order chi connectivity index (χ0) is 31.6. The van der Waals surface area contributed by atoms with Gasteiger partial charge in [-0.3, -0.25) is 0 Å². The van der Waals surface area contributed by atoms with Crippen LogP contribution in [0.3, 0.4) is 0 Å². The average molecular weight is 586 g/mol. The SMILES string of the molecule is CCCCCCCCC1(C)c2cc(B3OC(C)(C)C(C)(C)O3)ccc2-c2ccc(B3OC(C)(C)C(C)(C)O3)cc2C1(C)C. The van der Waals surface area contributed by atoms with Crippen molar-refractivity contribution >= 4 is 25.2 Å². The predicted octanol–water partition coefficient (Wildman–Crippen LogP) is 8.25. The lowest BCUT2D eigenvalue weighted by Gasteiger charge is -2.51. The number of benzene rings is 2. The molecule has 2 aliphatic heterocycles. The predicted molar refractivity (Wildman–Crippen MR) is 182 cm³/mol. The highest BCUT2D eigenvalue weighted by Gasteiger charge is 2.55. The molecule has 2 saturated heterocycles. The van der Waals surface area contributed by atoms with Crippen LogP contribution >= 0.6 is 0 Å². The Morgan fingerprint density at radius 2 is 0.907 bits per heavy atom. The maximum Gasteiger partial charge on any atom is 0.494 e. The molecule has 0 spiro atoms. The Hall–Kier alpha value is -1.59. The Morgan fingerprint density at radius 3 is 1.37 bits per heavy atom. The van der Waals surface area contributed by atoms with Gasteiger partial charge in [0.15, 0.2) is 0 Å². The second kappa shape index (κ2) is 11.0. The monoisotopic (exact) mass is 586 g/mol. The van der Waals surface area contributed by atoms with Crippen molar-refractivity contribution in [3.05, 3.63) is 47.5 Å². The largest absolute Gasteiger partial charge is 0.494 e. The van der Waals surface area contributed by atoms with Crippen molar-refractivity contribution in [3.8, 4) is 11.1 Å². The maximum absolute atomic E-state index is 6.52. The summed E-state index contributed by atoms with van der Waals surface area (Å²) in [6.45, 7) is 26.7. The molecular formula is C37H56B2O4. The van der Waals surface area contributed by atoms with E-state index in [2.05, 4.69) is 119 Å². The summed E-state index contributed by atoms with van der Waals surface area (Å²) in [5.74, 6) is 0. The fraction of sp³-hybridized carbons (Fsp3) is 0.676. The third-order valence-corrected chi connectivity index (χ3v) is 12.1. The van der Waals surface area contributed by atoms with Crippen LogP contribution in [0.2, 0.25) is 0 Å². The number of fused-ring (bicyclic) bond motifs is 3. The van der Waals surface area contributed by atoms with E-state index in [0.717, 1.165) is 17.3 Å². The molecule has 234 valence electrons.